The van der Waals surface area contributed by atoms with Gasteiger partial charge in [0.05, 0.1) is 0 Å². The summed E-state index contributed by atoms with van der Waals surface area (Å²) in [7, 11) is 0. The van der Waals surface area contributed by atoms with E-state index in [0.717, 1.165) is 18.7 Å². The first-order valence-electron chi connectivity index (χ1n) is 7.64. The van der Waals surface area contributed by atoms with E-state index in [1.54, 1.807) is 0 Å². The van der Waals surface area contributed by atoms with E-state index in [9.17, 15) is 0 Å². The summed E-state index contributed by atoms with van der Waals surface area (Å²) in [5, 5.41) is 0. The first kappa shape index (κ1) is 12.9. The molecule has 0 saturated carbocycles. The van der Waals surface area contributed by atoms with Crippen molar-refractivity contribution in [3.63, 3.8) is 0 Å². The van der Waals surface area contributed by atoms with Gasteiger partial charge in [0.1, 0.15) is 0 Å². The molecule has 0 aliphatic carbocycles. The fourth-order valence-corrected chi connectivity index (χ4v) is 3.41. The molecule has 3 rings (SSSR count). The Bertz CT molecular complexity index is 424. The summed E-state index contributed by atoms with van der Waals surface area (Å²) >= 11 is 0. The molecule has 0 atom stereocenters. The Labute approximate surface area is 116 Å². The third-order valence-electron chi connectivity index (χ3n) is 4.53. The fourth-order valence-electron chi connectivity index (χ4n) is 3.41. The lowest BCUT2D eigenvalue weighted by atomic mass is 9.98. The smallest absolute Gasteiger partial charge is 0.0350 e. The standard InChI is InChI=1S/C16H25N3/c17-16-6-3-5-14-13-19(12-7-15(14)16)11-4-10-18-8-1-2-9-18/h3,5-6H,1-2,4,7-13,17H2. The van der Waals surface area contributed by atoms with E-state index in [1.165, 1.54) is 63.1 Å². The van der Waals surface area contributed by atoms with Crippen LogP contribution in [0.5, 0.6) is 0 Å². The van der Waals surface area contributed by atoms with Crippen molar-refractivity contribution in [1.29, 1.82) is 0 Å². The maximum Gasteiger partial charge on any atom is 0.0350 e. The van der Waals surface area contributed by atoms with Crippen molar-refractivity contribution in [3.8, 4) is 0 Å². The van der Waals surface area contributed by atoms with Gasteiger partial charge >= 0.3 is 0 Å². The molecular formula is C16H25N3. The van der Waals surface area contributed by atoms with Crippen molar-refractivity contribution in [2.45, 2.75) is 32.2 Å². The molecule has 0 bridgehead atoms. The quantitative estimate of drug-likeness (QED) is 0.841. The van der Waals surface area contributed by atoms with E-state index in [4.69, 9.17) is 5.73 Å². The monoisotopic (exact) mass is 259 g/mol. The van der Waals surface area contributed by atoms with Crippen LogP contribution in [0.1, 0.15) is 30.4 Å². The molecule has 19 heavy (non-hydrogen) atoms. The molecule has 0 spiro atoms. The third kappa shape index (κ3) is 3.10. The van der Waals surface area contributed by atoms with E-state index in [0.29, 0.717) is 0 Å². The van der Waals surface area contributed by atoms with Crippen LogP contribution in [0.25, 0.3) is 0 Å². The molecule has 1 fully saturated rings. The highest BCUT2D eigenvalue weighted by molar-refractivity contribution is 5.51. The molecule has 3 heteroatoms. The molecule has 2 aliphatic rings. The lowest BCUT2D eigenvalue weighted by molar-refractivity contribution is 0.230. The summed E-state index contributed by atoms with van der Waals surface area (Å²) in [6, 6.07) is 6.35. The molecule has 1 aromatic carbocycles. The predicted octanol–water partition coefficient (Wildman–Crippen LogP) is 2.11. The largest absolute Gasteiger partial charge is 0.398 e. The van der Waals surface area contributed by atoms with E-state index < -0.39 is 0 Å². The Kier molecular flexibility index (Phi) is 4.04. The van der Waals surface area contributed by atoms with E-state index >= 15 is 0 Å². The minimum atomic E-state index is 0.981. The van der Waals surface area contributed by atoms with Gasteiger partial charge in [-0.3, -0.25) is 4.90 Å². The normalized spacial score (nSPS) is 20.6. The van der Waals surface area contributed by atoms with Gasteiger partial charge in [0, 0.05) is 18.8 Å². The molecular weight excluding hydrogens is 234 g/mol. The average molecular weight is 259 g/mol. The van der Waals surface area contributed by atoms with Crippen molar-refractivity contribution in [3.05, 3.63) is 29.3 Å². The SMILES string of the molecule is Nc1cccc2c1CCN(CCCN1CCCC1)C2. The Hall–Kier alpha value is -1.06. The second-order valence-corrected chi connectivity index (χ2v) is 5.91. The van der Waals surface area contributed by atoms with Crippen molar-refractivity contribution in [2.24, 2.45) is 0 Å². The van der Waals surface area contributed by atoms with Gasteiger partial charge in [-0.15, -0.1) is 0 Å². The second-order valence-electron chi connectivity index (χ2n) is 5.91. The topological polar surface area (TPSA) is 32.5 Å². The zero-order chi connectivity index (χ0) is 13.1. The number of hydrogen-bond donors (Lipinski definition) is 1. The van der Waals surface area contributed by atoms with Gasteiger partial charge in [0.2, 0.25) is 0 Å². The van der Waals surface area contributed by atoms with Crippen molar-refractivity contribution in [1.82, 2.24) is 9.80 Å². The lowest BCUT2D eigenvalue weighted by Crippen LogP contribution is -2.33. The number of benzene rings is 1. The minimum Gasteiger partial charge on any atom is -0.398 e. The van der Waals surface area contributed by atoms with E-state index in [1.807, 2.05) is 6.07 Å². The van der Waals surface area contributed by atoms with Crippen LogP contribution >= 0.6 is 0 Å². The maximum absolute atomic E-state index is 6.04. The molecule has 3 nitrogen and oxygen atoms in total. The van der Waals surface area contributed by atoms with E-state index in [-0.39, 0.29) is 0 Å². The Morgan fingerprint density at radius 1 is 1.00 bits per heavy atom. The predicted molar refractivity (Wildman–Crippen MR) is 80.1 cm³/mol. The number of nitrogens with two attached hydrogens (primary N) is 1. The lowest BCUT2D eigenvalue weighted by Gasteiger charge is -2.30. The van der Waals surface area contributed by atoms with Crippen LogP contribution in [-0.2, 0) is 13.0 Å². The Morgan fingerprint density at radius 3 is 2.63 bits per heavy atom. The van der Waals surface area contributed by atoms with Gasteiger partial charge < -0.3 is 10.6 Å². The molecule has 1 aromatic rings. The minimum absolute atomic E-state index is 0.981. The molecule has 2 aliphatic heterocycles. The van der Waals surface area contributed by atoms with Crippen molar-refractivity contribution in [2.75, 3.05) is 38.5 Å². The molecule has 0 amide bonds. The average Bonchev–Trinajstić information content (AvgIpc) is 2.92. The van der Waals surface area contributed by atoms with Gasteiger partial charge in [-0.2, -0.15) is 0 Å². The van der Waals surface area contributed by atoms with Crippen LogP contribution in [0.2, 0.25) is 0 Å². The Morgan fingerprint density at radius 2 is 1.79 bits per heavy atom. The molecule has 104 valence electrons. The maximum atomic E-state index is 6.04. The molecule has 0 radical (unpaired) electrons. The summed E-state index contributed by atoms with van der Waals surface area (Å²) in [6.45, 7) is 7.39. The van der Waals surface area contributed by atoms with Crippen LogP contribution in [0.15, 0.2) is 18.2 Å². The summed E-state index contributed by atoms with van der Waals surface area (Å²) < 4.78 is 0. The second kappa shape index (κ2) is 5.93. The first-order valence-corrected chi connectivity index (χ1v) is 7.64. The zero-order valence-electron chi connectivity index (χ0n) is 11.8. The van der Waals surface area contributed by atoms with Crippen LogP contribution in [-0.4, -0.2) is 42.5 Å². The van der Waals surface area contributed by atoms with Gasteiger partial charge in [-0.05, 0) is 69.1 Å². The number of anilines is 1. The van der Waals surface area contributed by atoms with Crippen LogP contribution < -0.4 is 5.73 Å². The molecule has 2 N–H and O–H groups in total. The number of hydrogen-bond acceptors (Lipinski definition) is 3. The summed E-state index contributed by atoms with van der Waals surface area (Å²) in [6.07, 6.45) is 5.22. The van der Waals surface area contributed by atoms with Gasteiger partial charge in [0.15, 0.2) is 0 Å². The number of fused-ring (bicyclic) bond motifs is 1. The number of nitrogen functional groups attached to an aromatic ring is 1. The number of rotatable bonds is 4. The molecule has 2 heterocycles. The van der Waals surface area contributed by atoms with Crippen LogP contribution in [0.4, 0.5) is 5.69 Å². The Balaban J connectivity index is 1.48. The van der Waals surface area contributed by atoms with Gasteiger partial charge in [0.25, 0.3) is 0 Å². The summed E-state index contributed by atoms with van der Waals surface area (Å²) in [5.41, 5.74) is 9.85. The summed E-state index contributed by atoms with van der Waals surface area (Å²) in [5.74, 6) is 0. The van der Waals surface area contributed by atoms with Gasteiger partial charge in [-0.25, -0.2) is 0 Å². The van der Waals surface area contributed by atoms with Crippen molar-refractivity contribution < 1.29 is 0 Å². The highest BCUT2D eigenvalue weighted by Gasteiger charge is 2.18. The first-order chi connectivity index (χ1) is 9.33. The van der Waals surface area contributed by atoms with Crippen LogP contribution in [0.3, 0.4) is 0 Å². The third-order valence-corrected chi connectivity index (χ3v) is 4.53. The van der Waals surface area contributed by atoms with E-state index in [2.05, 4.69) is 21.9 Å². The van der Waals surface area contributed by atoms with Crippen LogP contribution in [0, 0.1) is 0 Å². The molecule has 0 unspecified atom stereocenters. The highest BCUT2D eigenvalue weighted by Crippen LogP contribution is 2.24. The molecule has 0 aromatic heterocycles. The summed E-state index contributed by atoms with van der Waals surface area (Å²) in [4.78, 5) is 5.19. The molecule has 1 saturated heterocycles. The van der Waals surface area contributed by atoms with Crippen molar-refractivity contribution >= 4 is 5.69 Å². The number of likely N-dealkylation sites (tertiary alicyclic amines) is 1. The zero-order valence-corrected chi connectivity index (χ0v) is 11.8. The fraction of sp³-hybridized carbons (Fsp3) is 0.625. The number of nitrogens with zero attached hydrogens (tertiary/aromatic N) is 2. The van der Waals surface area contributed by atoms with Gasteiger partial charge in [-0.1, -0.05) is 12.1 Å². The highest BCUT2D eigenvalue weighted by atomic mass is 15.2.